The average molecular weight is 277 g/mol. The van der Waals surface area contributed by atoms with E-state index in [0.29, 0.717) is 12.1 Å². The van der Waals surface area contributed by atoms with Crippen molar-refractivity contribution < 1.29 is 8.60 Å². The number of aryl methyl sites for hydroxylation is 1. The highest BCUT2D eigenvalue weighted by atomic mass is 32.2. The van der Waals surface area contributed by atoms with E-state index in [0.717, 1.165) is 16.0 Å². The summed E-state index contributed by atoms with van der Waals surface area (Å²) in [5, 5.41) is 0. The molecule has 0 aliphatic rings. The Bertz CT molecular complexity index is 613. The van der Waals surface area contributed by atoms with E-state index in [1.165, 1.54) is 12.1 Å². The molecule has 0 aromatic heterocycles. The minimum absolute atomic E-state index is 0.287. The summed E-state index contributed by atoms with van der Waals surface area (Å²) in [6, 6.07) is 12.0. The molecule has 1 atom stereocenters. The van der Waals surface area contributed by atoms with Crippen LogP contribution in [0.25, 0.3) is 0 Å². The van der Waals surface area contributed by atoms with Crippen molar-refractivity contribution in [3.05, 3.63) is 65.0 Å². The average Bonchev–Trinajstić information content (AvgIpc) is 2.39. The second kappa shape index (κ2) is 6.08. The molecule has 0 aliphatic carbocycles. The van der Waals surface area contributed by atoms with Crippen LogP contribution in [0.2, 0.25) is 0 Å². The molecule has 0 amide bonds. The van der Waals surface area contributed by atoms with Gasteiger partial charge in [0.2, 0.25) is 0 Å². The molecule has 100 valence electrons. The van der Waals surface area contributed by atoms with E-state index in [-0.39, 0.29) is 11.6 Å². The molecule has 0 saturated carbocycles. The van der Waals surface area contributed by atoms with E-state index in [1.54, 1.807) is 6.07 Å². The molecule has 0 saturated heterocycles. The Labute approximate surface area is 114 Å². The summed E-state index contributed by atoms with van der Waals surface area (Å²) in [4.78, 5) is 0.787. The smallest absolute Gasteiger partial charge is 0.123 e. The van der Waals surface area contributed by atoms with Crippen LogP contribution in [-0.2, 0) is 23.1 Å². The van der Waals surface area contributed by atoms with Crippen molar-refractivity contribution in [3.8, 4) is 0 Å². The highest BCUT2D eigenvalue weighted by Crippen LogP contribution is 2.19. The minimum Gasteiger partial charge on any atom is -0.326 e. The summed E-state index contributed by atoms with van der Waals surface area (Å²) in [5.41, 5.74) is 8.15. The lowest BCUT2D eigenvalue weighted by Crippen LogP contribution is -2.06. The predicted octanol–water partition coefficient (Wildman–Crippen LogP) is 2.90. The van der Waals surface area contributed by atoms with Crippen molar-refractivity contribution >= 4 is 10.8 Å². The van der Waals surface area contributed by atoms with Crippen LogP contribution >= 0.6 is 0 Å². The fourth-order valence-electron chi connectivity index (χ4n) is 1.96. The summed E-state index contributed by atoms with van der Waals surface area (Å²) in [5.74, 6) is -0.0382. The SMILES string of the molecule is Cc1ccccc1S(=O)Cc1cc(F)ccc1CN. The van der Waals surface area contributed by atoms with Crippen molar-refractivity contribution in [2.24, 2.45) is 5.73 Å². The van der Waals surface area contributed by atoms with Gasteiger partial charge in [-0.05, 0) is 41.8 Å². The number of hydrogen-bond donors (Lipinski definition) is 1. The zero-order chi connectivity index (χ0) is 13.8. The van der Waals surface area contributed by atoms with Crippen molar-refractivity contribution in [2.45, 2.75) is 24.1 Å². The monoisotopic (exact) mass is 277 g/mol. The number of nitrogens with two attached hydrogens (primary N) is 1. The molecule has 2 aromatic rings. The first-order valence-corrected chi connectivity index (χ1v) is 7.35. The van der Waals surface area contributed by atoms with Gasteiger partial charge in [-0.25, -0.2) is 4.39 Å². The molecule has 2 nitrogen and oxygen atoms in total. The molecule has 1 unspecified atom stereocenters. The Kier molecular flexibility index (Phi) is 4.45. The number of halogens is 1. The molecule has 2 aromatic carbocycles. The Morgan fingerprint density at radius 1 is 1.16 bits per heavy atom. The van der Waals surface area contributed by atoms with Crippen molar-refractivity contribution in [1.82, 2.24) is 0 Å². The van der Waals surface area contributed by atoms with Gasteiger partial charge in [0.25, 0.3) is 0 Å². The van der Waals surface area contributed by atoms with E-state index >= 15 is 0 Å². The molecule has 4 heteroatoms. The topological polar surface area (TPSA) is 43.1 Å². The van der Waals surface area contributed by atoms with Gasteiger partial charge in [-0.2, -0.15) is 0 Å². The first-order chi connectivity index (χ1) is 9.11. The molecular formula is C15H16FNOS. The van der Waals surface area contributed by atoms with Gasteiger partial charge < -0.3 is 5.73 Å². The quantitative estimate of drug-likeness (QED) is 0.933. The van der Waals surface area contributed by atoms with Gasteiger partial charge in [-0.1, -0.05) is 24.3 Å². The molecular weight excluding hydrogens is 261 g/mol. The van der Waals surface area contributed by atoms with Gasteiger partial charge in [0.1, 0.15) is 5.82 Å². The lowest BCUT2D eigenvalue weighted by Gasteiger charge is -2.09. The lowest BCUT2D eigenvalue weighted by molar-refractivity contribution is 0.625. The summed E-state index contributed by atoms with van der Waals surface area (Å²) in [6.07, 6.45) is 0. The van der Waals surface area contributed by atoms with Crippen LogP contribution in [0.1, 0.15) is 16.7 Å². The van der Waals surface area contributed by atoms with Gasteiger partial charge in [0.05, 0.1) is 16.6 Å². The van der Waals surface area contributed by atoms with Crippen molar-refractivity contribution in [2.75, 3.05) is 0 Å². The van der Waals surface area contributed by atoms with E-state index in [2.05, 4.69) is 0 Å². The fraction of sp³-hybridized carbons (Fsp3) is 0.200. The Morgan fingerprint density at radius 2 is 1.89 bits per heavy atom. The lowest BCUT2D eigenvalue weighted by atomic mass is 10.1. The van der Waals surface area contributed by atoms with Crippen LogP contribution in [0.3, 0.4) is 0 Å². The van der Waals surface area contributed by atoms with Crippen LogP contribution in [0.4, 0.5) is 4.39 Å². The summed E-state index contributed by atoms with van der Waals surface area (Å²) in [6.45, 7) is 2.24. The van der Waals surface area contributed by atoms with Gasteiger partial charge in [0.15, 0.2) is 0 Å². The first kappa shape index (κ1) is 13.9. The normalized spacial score (nSPS) is 12.4. The Balaban J connectivity index is 2.29. The van der Waals surface area contributed by atoms with Gasteiger partial charge >= 0.3 is 0 Å². The molecule has 2 N–H and O–H groups in total. The highest BCUT2D eigenvalue weighted by Gasteiger charge is 2.11. The number of hydrogen-bond acceptors (Lipinski definition) is 2. The Hall–Kier alpha value is -1.52. The third kappa shape index (κ3) is 3.28. The van der Waals surface area contributed by atoms with Crippen LogP contribution in [0.15, 0.2) is 47.4 Å². The maximum absolute atomic E-state index is 13.3. The molecule has 0 heterocycles. The van der Waals surface area contributed by atoms with Crippen molar-refractivity contribution in [1.29, 1.82) is 0 Å². The largest absolute Gasteiger partial charge is 0.326 e. The number of benzene rings is 2. The maximum atomic E-state index is 13.3. The molecule has 0 spiro atoms. The zero-order valence-corrected chi connectivity index (χ0v) is 11.5. The van der Waals surface area contributed by atoms with Gasteiger partial charge in [-0.15, -0.1) is 0 Å². The van der Waals surface area contributed by atoms with Gasteiger partial charge in [0, 0.05) is 11.4 Å². The second-order valence-electron chi connectivity index (χ2n) is 4.37. The molecule has 0 bridgehead atoms. The van der Waals surface area contributed by atoms with E-state index in [9.17, 15) is 8.60 Å². The van der Waals surface area contributed by atoms with Crippen LogP contribution in [0, 0.1) is 12.7 Å². The molecule has 19 heavy (non-hydrogen) atoms. The van der Waals surface area contributed by atoms with Crippen LogP contribution < -0.4 is 5.73 Å². The Morgan fingerprint density at radius 3 is 2.58 bits per heavy atom. The van der Waals surface area contributed by atoms with Gasteiger partial charge in [-0.3, -0.25) is 4.21 Å². The van der Waals surface area contributed by atoms with Crippen LogP contribution in [-0.4, -0.2) is 4.21 Å². The predicted molar refractivity (Wildman–Crippen MR) is 75.6 cm³/mol. The molecule has 0 aliphatic heterocycles. The third-order valence-electron chi connectivity index (χ3n) is 3.01. The van der Waals surface area contributed by atoms with E-state index < -0.39 is 10.8 Å². The minimum atomic E-state index is -1.19. The summed E-state index contributed by atoms with van der Waals surface area (Å²) in [7, 11) is -1.19. The summed E-state index contributed by atoms with van der Waals surface area (Å²) >= 11 is 0. The zero-order valence-electron chi connectivity index (χ0n) is 10.7. The van der Waals surface area contributed by atoms with E-state index in [4.69, 9.17) is 5.73 Å². The highest BCUT2D eigenvalue weighted by molar-refractivity contribution is 7.84. The molecule has 2 rings (SSSR count). The number of rotatable bonds is 4. The van der Waals surface area contributed by atoms with Crippen LogP contribution in [0.5, 0.6) is 0 Å². The fourth-order valence-corrected chi connectivity index (χ4v) is 3.32. The standard InChI is InChI=1S/C15H16FNOS/c1-11-4-2-3-5-15(11)19(18)10-13-8-14(16)7-6-12(13)9-17/h2-8H,9-10,17H2,1H3. The third-order valence-corrected chi connectivity index (χ3v) is 4.54. The summed E-state index contributed by atoms with van der Waals surface area (Å²) < 4.78 is 25.6. The molecule has 0 radical (unpaired) electrons. The second-order valence-corrected chi connectivity index (χ2v) is 5.79. The molecule has 0 fully saturated rings. The maximum Gasteiger partial charge on any atom is 0.123 e. The van der Waals surface area contributed by atoms with Crippen molar-refractivity contribution in [3.63, 3.8) is 0 Å². The van der Waals surface area contributed by atoms with E-state index in [1.807, 2.05) is 31.2 Å². The first-order valence-electron chi connectivity index (χ1n) is 6.03.